The van der Waals surface area contributed by atoms with Crippen molar-refractivity contribution in [2.24, 2.45) is 11.0 Å². The van der Waals surface area contributed by atoms with Gasteiger partial charge in [0, 0.05) is 17.2 Å². The van der Waals surface area contributed by atoms with E-state index in [1.165, 1.54) is 0 Å². The summed E-state index contributed by atoms with van der Waals surface area (Å²) in [4.78, 5) is 26.7. The standard InChI is InChI=1S/C10H10F3N5O5/c11-10(12,13)5-6(21)9(3-19,16-17-14)23-7(5)18-2-1-4(20)15-8(18)22/h1-2,5-7,19,21H,3H2,(H,15,20,22)/t5-,6-,7+,9+/m0/s1. The zero-order chi connectivity index (χ0) is 17.4. The smallest absolute Gasteiger partial charge is 0.393 e. The van der Waals surface area contributed by atoms with Crippen LogP contribution in [0.4, 0.5) is 13.2 Å². The number of aromatic nitrogens is 2. The van der Waals surface area contributed by atoms with Crippen molar-refractivity contribution in [3.8, 4) is 0 Å². The van der Waals surface area contributed by atoms with E-state index >= 15 is 0 Å². The van der Waals surface area contributed by atoms with Crippen molar-refractivity contribution in [2.75, 3.05) is 6.61 Å². The Morgan fingerprint density at radius 2 is 2.17 bits per heavy atom. The molecule has 0 amide bonds. The van der Waals surface area contributed by atoms with Gasteiger partial charge in [0.1, 0.15) is 12.0 Å². The van der Waals surface area contributed by atoms with E-state index < -0.39 is 48.0 Å². The number of hydrogen-bond donors (Lipinski definition) is 3. The number of H-pyrrole nitrogens is 1. The van der Waals surface area contributed by atoms with Crippen LogP contribution in [0.5, 0.6) is 0 Å². The number of nitrogens with one attached hydrogen (secondary N) is 1. The highest BCUT2D eigenvalue weighted by Crippen LogP contribution is 2.49. The van der Waals surface area contributed by atoms with Crippen molar-refractivity contribution < 1.29 is 28.1 Å². The molecule has 0 radical (unpaired) electrons. The van der Waals surface area contributed by atoms with Gasteiger partial charge in [0.2, 0.25) is 0 Å². The van der Waals surface area contributed by atoms with E-state index in [1.807, 2.05) is 0 Å². The van der Waals surface area contributed by atoms with Crippen LogP contribution in [0.1, 0.15) is 6.23 Å². The molecule has 1 fully saturated rings. The molecule has 1 aromatic heterocycles. The maximum absolute atomic E-state index is 13.2. The first kappa shape index (κ1) is 17.0. The number of ether oxygens (including phenoxy) is 1. The lowest BCUT2D eigenvalue weighted by Gasteiger charge is -2.25. The van der Waals surface area contributed by atoms with E-state index in [0.29, 0.717) is 4.57 Å². The summed E-state index contributed by atoms with van der Waals surface area (Å²) in [5.41, 5.74) is 3.75. The molecular formula is C10H10F3N5O5. The van der Waals surface area contributed by atoms with Crippen LogP contribution in [0.3, 0.4) is 0 Å². The zero-order valence-electron chi connectivity index (χ0n) is 11.1. The van der Waals surface area contributed by atoms with E-state index in [0.717, 1.165) is 12.3 Å². The second kappa shape index (κ2) is 5.70. The van der Waals surface area contributed by atoms with Gasteiger partial charge in [-0.15, -0.1) is 0 Å². The highest BCUT2D eigenvalue weighted by molar-refractivity contribution is 5.02. The average Bonchev–Trinajstić information content (AvgIpc) is 2.72. The van der Waals surface area contributed by atoms with Crippen molar-refractivity contribution >= 4 is 0 Å². The van der Waals surface area contributed by atoms with Gasteiger partial charge in [0.25, 0.3) is 5.56 Å². The number of hydrogen-bond acceptors (Lipinski definition) is 6. The molecule has 23 heavy (non-hydrogen) atoms. The van der Waals surface area contributed by atoms with Gasteiger partial charge in [0.05, 0.1) is 6.61 Å². The molecule has 2 heterocycles. The summed E-state index contributed by atoms with van der Waals surface area (Å²) < 4.78 is 45.0. The highest BCUT2D eigenvalue weighted by atomic mass is 19.4. The van der Waals surface area contributed by atoms with Gasteiger partial charge in [-0.1, -0.05) is 5.11 Å². The molecule has 2 rings (SSSR count). The Balaban J connectivity index is 2.62. The molecule has 13 heteroatoms. The number of aromatic amines is 1. The molecule has 0 unspecified atom stereocenters. The molecule has 0 saturated carbocycles. The van der Waals surface area contributed by atoms with Crippen LogP contribution in [0.2, 0.25) is 0 Å². The van der Waals surface area contributed by atoms with Crippen LogP contribution in [0, 0.1) is 5.92 Å². The Morgan fingerprint density at radius 1 is 1.52 bits per heavy atom. The van der Waals surface area contributed by atoms with Gasteiger partial charge < -0.3 is 14.9 Å². The molecule has 126 valence electrons. The van der Waals surface area contributed by atoms with Gasteiger partial charge in [-0.3, -0.25) is 14.3 Å². The molecule has 0 spiro atoms. The monoisotopic (exact) mass is 337 g/mol. The Hall–Kier alpha value is -2.34. The largest absolute Gasteiger partial charge is 0.398 e. The fraction of sp³-hybridized carbons (Fsp3) is 0.600. The van der Waals surface area contributed by atoms with Crippen molar-refractivity contribution in [1.29, 1.82) is 0 Å². The van der Waals surface area contributed by atoms with Gasteiger partial charge >= 0.3 is 11.9 Å². The Labute approximate surface area is 124 Å². The number of aliphatic hydroxyl groups is 2. The summed E-state index contributed by atoms with van der Waals surface area (Å²) in [7, 11) is 0. The lowest BCUT2D eigenvalue weighted by atomic mass is 9.95. The van der Waals surface area contributed by atoms with E-state index in [-0.39, 0.29) is 0 Å². The molecule has 10 nitrogen and oxygen atoms in total. The molecule has 1 aliphatic heterocycles. The fourth-order valence-electron chi connectivity index (χ4n) is 2.31. The molecule has 1 aromatic rings. The van der Waals surface area contributed by atoms with Crippen LogP contribution < -0.4 is 11.2 Å². The second-order valence-electron chi connectivity index (χ2n) is 4.73. The van der Waals surface area contributed by atoms with Crippen molar-refractivity contribution in [1.82, 2.24) is 9.55 Å². The Morgan fingerprint density at radius 3 is 2.65 bits per heavy atom. The SMILES string of the molecule is [N-]=[N+]=N[C@]1(CO)O[C@@H](n2ccc(=O)[nH]c2=O)[C@@H](C(F)(F)F)[C@@H]1O. The molecule has 1 aliphatic rings. The van der Waals surface area contributed by atoms with Crippen LogP contribution in [0.25, 0.3) is 10.4 Å². The van der Waals surface area contributed by atoms with Crippen LogP contribution in [0.15, 0.2) is 27.0 Å². The minimum absolute atomic E-state index is 0.382. The van der Waals surface area contributed by atoms with Gasteiger partial charge in [0.15, 0.2) is 12.0 Å². The van der Waals surface area contributed by atoms with Gasteiger partial charge in [-0.05, 0) is 5.53 Å². The molecule has 3 N–H and O–H groups in total. The molecular weight excluding hydrogens is 327 g/mol. The average molecular weight is 337 g/mol. The molecule has 0 aromatic carbocycles. The van der Waals surface area contributed by atoms with Crippen LogP contribution >= 0.6 is 0 Å². The first-order chi connectivity index (χ1) is 10.7. The third kappa shape index (κ3) is 2.82. The normalized spacial score (nSPS) is 30.9. The summed E-state index contributed by atoms with van der Waals surface area (Å²) in [6.07, 6.45) is -8.93. The summed E-state index contributed by atoms with van der Waals surface area (Å²) in [5, 5.41) is 22.0. The highest BCUT2D eigenvalue weighted by Gasteiger charge is 2.64. The van der Waals surface area contributed by atoms with Crippen molar-refractivity contribution in [2.45, 2.75) is 24.2 Å². The Kier molecular flexibility index (Phi) is 4.22. The van der Waals surface area contributed by atoms with Crippen LogP contribution in [-0.2, 0) is 4.74 Å². The minimum atomic E-state index is -5.05. The number of halogens is 3. The maximum atomic E-state index is 13.2. The van der Waals surface area contributed by atoms with Gasteiger partial charge in [-0.2, -0.15) is 13.2 Å². The topological polar surface area (TPSA) is 153 Å². The molecule has 0 bridgehead atoms. The predicted octanol–water partition coefficient (Wildman–Crippen LogP) is -0.396. The van der Waals surface area contributed by atoms with E-state index in [9.17, 15) is 33.0 Å². The maximum Gasteiger partial charge on any atom is 0.398 e. The number of rotatable bonds is 3. The van der Waals surface area contributed by atoms with Gasteiger partial charge in [-0.25, -0.2) is 4.79 Å². The van der Waals surface area contributed by atoms with E-state index in [4.69, 9.17) is 10.3 Å². The Bertz CT molecular complexity index is 754. The van der Waals surface area contributed by atoms with Crippen LogP contribution in [-0.4, -0.2) is 44.4 Å². The number of nitrogens with zero attached hydrogens (tertiary/aromatic N) is 4. The molecule has 1 saturated heterocycles. The molecule has 4 atom stereocenters. The third-order valence-corrected chi connectivity index (χ3v) is 3.38. The predicted molar refractivity (Wildman–Crippen MR) is 66.0 cm³/mol. The third-order valence-electron chi connectivity index (χ3n) is 3.38. The van der Waals surface area contributed by atoms with Crippen molar-refractivity contribution in [3.05, 3.63) is 43.5 Å². The fourth-order valence-corrected chi connectivity index (χ4v) is 2.31. The first-order valence-corrected chi connectivity index (χ1v) is 6.07. The number of alkyl halides is 3. The van der Waals surface area contributed by atoms with E-state index in [2.05, 4.69) is 10.0 Å². The summed E-state index contributed by atoms with van der Waals surface area (Å²) in [6, 6.07) is 0.775. The minimum Gasteiger partial charge on any atom is -0.393 e. The molecule has 0 aliphatic carbocycles. The summed E-state index contributed by atoms with van der Waals surface area (Å²) >= 11 is 0. The first-order valence-electron chi connectivity index (χ1n) is 6.07. The number of aliphatic hydroxyl groups excluding tert-OH is 2. The lowest BCUT2D eigenvalue weighted by molar-refractivity contribution is -0.211. The lowest BCUT2D eigenvalue weighted by Crippen LogP contribution is -2.46. The zero-order valence-corrected chi connectivity index (χ0v) is 11.1. The quantitative estimate of drug-likeness (QED) is 0.389. The van der Waals surface area contributed by atoms with E-state index in [1.54, 1.807) is 4.98 Å². The summed E-state index contributed by atoms with van der Waals surface area (Å²) in [5.74, 6) is -2.68. The number of azide groups is 1. The second-order valence-corrected chi connectivity index (χ2v) is 4.73. The van der Waals surface area contributed by atoms with Crippen molar-refractivity contribution in [3.63, 3.8) is 0 Å². The summed E-state index contributed by atoms with van der Waals surface area (Å²) in [6.45, 7) is -1.25.